The highest BCUT2D eigenvalue weighted by Gasteiger charge is 2.00. The molecule has 0 saturated carbocycles. The lowest BCUT2D eigenvalue weighted by molar-refractivity contribution is 0.0994. The molecule has 10 heavy (non-hydrogen) atoms. The van der Waals surface area contributed by atoms with E-state index in [0.717, 1.165) is 0 Å². The standard InChI is InChI=1S/C5H6N4O/c6-3-1-4(5(7)10)9-8-2-3/h1-2H,(H2,6,9)(H2,7,10). The van der Waals surface area contributed by atoms with Crippen LogP contribution in [0.5, 0.6) is 0 Å². The summed E-state index contributed by atoms with van der Waals surface area (Å²) in [5, 5.41) is 6.86. The van der Waals surface area contributed by atoms with E-state index in [4.69, 9.17) is 11.5 Å². The Kier molecular flexibility index (Phi) is 1.49. The monoisotopic (exact) mass is 138 g/mol. The van der Waals surface area contributed by atoms with Crippen molar-refractivity contribution in [3.8, 4) is 0 Å². The molecule has 52 valence electrons. The van der Waals surface area contributed by atoms with E-state index >= 15 is 0 Å². The topological polar surface area (TPSA) is 94.9 Å². The van der Waals surface area contributed by atoms with Crippen molar-refractivity contribution in [2.24, 2.45) is 5.73 Å². The van der Waals surface area contributed by atoms with Crippen LogP contribution in [0.4, 0.5) is 5.69 Å². The second-order valence-electron chi connectivity index (χ2n) is 1.74. The fourth-order valence-corrected chi connectivity index (χ4v) is 0.502. The predicted molar refractivity (Wildman–Crippen MR) is 35.0 cm³/mol. The SMILES string of the molecule is NC(=O)c1cc(N)cnn1. The third-order valence-electron chi connectivity index (χ3n) is 0.928. The van der Waals surface area contributed by atoms with Crippen LogP contribution in [0.15, 0.2) is 12.3 Å². The molecule has 5 heteroatoms. The molecule has 0 aliphatic rings. The van der Waals surface area contributed by atoms with Crippen LogP contribution in [0.1, 0.15) is 10.5 Å². The van der Waals surface area contributed by atoms with Crippen LogP contribution in [0.2, 0.25) is 0 Å². The predicted octanol–water partition coefficient (Wildman–Crippen LogP) is -0.842. The summed E-state index contributed by atoms with van der Waals surface area (Å²) in [6, 6.07) is 1.37. The number of nitrogens with zero attached hydrogens (tertiary/aromatic N) is 2. The van der Waals surface area contributed by atoms with Gasteiger partial charge in [-0.1, -0.05) is 0 Å². The quantitative estimate of drug-likeness (QED) is 0.528. The number of carbonyl (C=O) groups excluding carboxylic acids is 1. The number of amides is 1. The summed E-state index contributed by atoms with van der Waals surface area (Å²) < 4.78 is 0. The molecule has 1 amide bonds. The molecule has 1 aromatic heterocycles. The van der Waals surface area contributed by atoms with Gasteiger partial charge in [0.25, 0.3) is 5.91 Å². The number of primary amides is 1. The molecule has 1 heterocycles. The Morgan fingerprint density at radius 3 is 2.70 bits per heavy atom. The van der Waals surface area contributed by atoms with Crippen LogP contribution >= 0.6 is 0 Å². The zero-order valence-electron chi connectivity index (χ0n) is 5.11. The van der Waals surface area contributed by atoms with Gasteiger partial charge < -0.3 is 11.5 Å². The van der Waals surface area contributed by atoms with Crippen molar-refractivity contribution in [2.75, 3.05) is 5.73 Å². The fraction of sp³-hybridized carbons (Fsp3) is 0. The van der Waals surface area contributed by atoms with Crippen LogP contribution in [-0.2, 0) is 0 Å². The summed E-state index contributed by atoms with van der Waals surface area (Å²) in [7, 11) is 0. The number of carbonyl (C=O) groups is 1. The molecule has 0 aliphatic carbocycles. The van der Waals surface area contributed by atoms with Crippen molar-refractivity contribution in [1.29, 1.82) is 0 Å². The minimum Gasteiger partial charge on any atom is -0.397 e. The number of hydrogen-bond donors (Lipinski definition) is 2. The highest BCUT2D eigenvalue weighted by molar-refractivity contribution is 5.91. The first kappa shape index (κ1) is 6.47. The largest absolute Gasteiger partial charge is 0.397 e. The van der Waals surface area contributed by atoms with E-state index in [1.165, 1.54) is 12.3 Å². The van der Waals surface area contributed by atoms with Gasteiger partial charge in [-0.05, 0) is 6.07 Å². The van der Waals surface area contributed by atoms with E-state index in [1.807, 2.05) is 0 Å². The second-order valence-corrected chi connectivity index (χ2v) is 1.74. The van der Waals surface area contributed by atoms with Gasteiger partial charge in [0.05, 0.1) is 11.9 Å². The molecule has 0 saturated heterocycles. The van der Waals surface area contributed by atoms with Gasteiger partial charge in [0.1, 0.15) is 0 Å². The molecule has 0 bridgehead atoms. The summed E-state index contributed by atoms with van der Waals surface area (Å²) in [6.07, 6.45) is 1.34. The number of aromatic nitrogens is 2. The van der Waals surface area contributed by atoms with Gasteiger partial charge in [0.15, 0.2) is 5.69 Å². The highest BCUT2D eigenvalue weighted by atomic mass is 16.1. The lowest BCUT2D eigenvalue weighted by Gasteiger charge is -1.92. The molecule has 0 aliphatic heterocycles. The number of anilines is 1. The van der Waals surface area contributed by atoms with Crippen molar-refractivity contribution in [2.45, 2.75) is 0 Å². The van der Waals surface area contributed by atoms with Gasteiger partial charge in [0.2, 0.25) is 0 Å². The van der Waals surface area contributed by atoms with Gasteiger partial charge in [-0.25, -0.2) is 0 Å². The maximum atomic E-state index is 10.4. The molecule has 0 fully saturated rings. The Hall–Kier alpha value is -1.65. The molecule has 4 N–H and O–H groups in total. The van der Waals surface area contributed by atoms with Crippen LogP contribution in [0.3, 0.4) is 0 Å². The van der Waals surface area contributed by atoms with Crippen LogP contribution in [-0.4, -0.2) is 16.1 Å². The molecule has 0 atom stereocenters. The first-order valence-corrected chi connectivity index (χ1v) is 2.58. The number of nitrogens with two attached hydrogens (primary N) is 2. The van der Waals surface area contributed by atoms with E-state index in [-0.39, 0.29) is 5.69 Å². The molecule has 5 nitrogen and oxygen atoms in total. The van der Waals surface area contributed by atoms with Gasteiger partial charge >= 0.3 is 0 Å². The zero-order valence-corrected chi connectivity index (χ0v) is 5.11. The molecule has 0 radical (unpaired) electrons. The van der Waals surface area contributed by atoms with E-state index in [1.54, 1.807) is 0 Å². The first-order valence-electron chi connectivity index (χ1n) is 2.58. The van der Waals surface area contributed by atoms with E-state index in [0.29, 0.717) is 5.69 Å². The van der Waals surface area contributed by atoms with Crippen molar-refractivity contribution in [3.63, 3.8) is 0 Å². The van der Waals surface area contributed by atoms with Crippen LogP contribution in [0, 0.1) is 0 Å². The third-order valence-corrected chi connectivity index (χ3v) is 0.928. The van der Waals surface area contributed by atoms with E-state index < -0.39 is 5.91 Å². The highest BCUT2D eigenvalue weighted by Crippen LogP contribution is 1.98. The van der Waals surface area contributed by atoms with Crippen molar-refractivity contribution in [3.05, 3.63) is 18.0 Å². The Labute approximate surface area is 57.0 Å². The van der Waals surface area contributed by atoms with E-state index in [2.05, 4.69) is 10.2 Å². The average Bonchev–Trinajstić information content (AvgIpc) is 1.88. The summed E-state index contributed by atoms with van der Waals surface area (Å²) >= 11 is 0. The molecular formula is C5H6N4O. The molecule has 1 rings (SSSR count). The molecule has 0 spiro atoms. The third kappa shape index (κ3) is 1.19. The van der Waals surface area contributed by atoms with Crippen LogP contribution < -0.4 is 11.5 Å². The molecule has 1 aromatic rings. The molecule has 0 aromatic carbocycles. The number of nitrogen functional groups attached to an aromatic ring is 1. The van der Waals surface area contributed by atoms with Gasteiger partial charge in [-0.15, -0.1) is 5.10 Å². The Morgan fingerprint density at radius 2 is 2.30 bits per heavy atom. The normalized spacial score (nSPS) is 9.20. The van der Waals surface area contributed by atoms with Crippen molar-refractivity contribution >= 4 is 11.6 Å². The average molecular weight is 138 g/mol. The summed E-state index contributed by atoms with van der Waals surface area (Å²) in [5.74, 6) is -0.625. The fourth-order valence-electron chi connectivity index (χ4n) is 0.502. The van der Waals surface area contributed by atoms with Crippen molar-refractivity contribution in [1.82, 2.24) is 10.2 Å². The minimum atomic E-state index is -0.625. The number of rotatable bonds is 1. The Bertz CT molecular complexity index is 260. The molecule has 0 unspecified atom stereocenters. The maximum Gasteiger partial charge on any atom is 0.269 e. The summed E-state index contributed by atoms with van der Waals surface area (Å²) in [4.78, 5) is 10.4. The van der Waals surface area contributed by atoms with Crippen LogP contribution in [0.25, 0.3) is 0 Å². The second kappa shape index (κ2) is 2.30. The zero-order chi connectivity index (χ0) is 7.56. The lowest BCUT2D eigenvalue weighted by Crippen LogP contribution is -2.13. The summed E-state index contributed by atoms with van der Waals surface area (Å²) in [5.41, 5.74) is 10.6. The van der Waals surface area contributed by atoms with Crippen molar-refractivity contribution < 1.29 is 4.79 Å². The maximum absolute atomic E-state index is 10.4. The number of hydrogen-bond acceptors (Lipinski definition) is 4. The first-order chi connectivity index (χ1) is 4.70. The van der Waals surface area contributed by atoms with Gasteiger partial charge in [-0.3, -0.25) is 4.79 Å². The lowest BCUT2D eigenvalue weighted by atomic mass is 10.3. The van der Waals surface area contributed by atoms with Gasteiger partial charge in [-0.2, -0.15) is 5.10 Å². The van der Waals surface area contributed by atoms with Gasteiger partial charge in [0, 0.05) is 0 Å². The Balaban J connectivity index is 3.07. The minimum absolute atomic E-state index is 0.0833. The Morgan fingerprint density at radius 1 is 1.60 bits per heavy atom. The van der Waals surface area contributed by atoms with E-state index in [9.17, 15) is 4.79 Å². The summed E-state index contributed by atoms with van der Waals surface area (Å²) in [6.45, 7) is 0. The molecular weight excluding hydrogens is 132 g/mol. The smallest absolute Gasteiger partial charge is 0.269 e.